The molecular formula is C28H31Cl2N6O4-. The van der Waals surface area contributed by atoms with Crippen LogP contribution in [-0.4, -0.2) is 66.9 Å². The lowest BCUT2D eigenvalue weighted by Gasteiger charge is -2.25. The Kier molecular flexibility index (Phi) is 9.11. The summed E-state index contributed by atoms with van der Waals surface area (Å²) in [6.45, 7) is 3.06. The third-order valence-corrected chi connectivity index (χ3v) is 7.41. The van der Waals surface area contributed by atoms with E-state index in [9.17, 15) is 0 Å². The van der Waals surface area contributed by atoms with E-state index in [1.807, 2.05) is 23.0 Å². The van der Waals surface area contributed by atoms with Gasteiger partial charge >= 0.3 is 0 Å². The average molecular weight is 587 g/mol. The van der Waals surface area contributed by atoms with E-state index >= 15 is 0 Å². The Morgan fingerprint density at radius 1 is 1.10 bits per heavy atom. The number of aromatic nitrogens is 4. The van der Waals surface area contributed by atoms with E-state index in [1.54, 1.807) is 25.6 Å². The third-order valence-electron chi connectivity index (χ3n) is 6.66. The second kappa shape index (κ2) is 12.9. The lowest BCUT2D eigenvalue weighted by Crippen LogP contribution is -2.30. The van der Waals surface area contributed by atoms with Crippen molar-refractivity contribution in [3.05, 3.63) is 57.7 Å². The maximum Gasteiger partial charge on any atom is 0.141 e. The number of rotatable bonds is 11. The van der Waals surface area contributed by atoms with Gasteiger partial charge in [-0.25, -0.2) is 4.98 Å². The minimum absolute atomic E-state index is 0.200. The molecular weight excluding hydrogens is 555 g/mol. The zero-order valence-electron chi connectivity index (χ0n) is 22.6. The van der Waals surface area contributed by atoms with Crippen LogP contribution in [0.2, 0.25) is 10.0 Å². The summed E-state index contributed by atoms with van der Waals surface area (Å²) in [5.41, 5.74) is 1.96. The van der Waals surface area contributed by atoms with E-state index in [4.69, 9.17) is 52.5 Å². The van der Waals surface area contributed by atoms with Gasteiger partial charge in [-0.1, -0.05) is 29.0 Å². The highest BCUT2D eigenvalue weighted by Gasteiger charge is 2.19. The standard InChI is InChI=1S/C28H31Cl2N6O4/c1-37-8-6-36-15-17(13-33-36)12-32-28-20-10-24(34-19-5-4-7-40-16-19)31-14-18(20)9-21(35-28)25-26(29)22(38-2)11-23(39-3)27(25)30/h9-11,13-15,19H,4-8,12,16H2,1-3H3,(H-,31,32,34,35)/q-1. The number of halogens is 2. The van der Waals surface area contributed by atoms with Gasteiger partial charge in [0.25, 0.3) is 0 Å². The van der Waals surface area contributed by atoms with E-state index in [1.165, 1.54) is 14.2 Å². The van der Waals surface area contributed by atoms with Crippen LogP contribution in [0.4, 0.5) is 11.6 Å². The fraction of sp³-hybridized carbons (Fsp3) is 0.393. The van der Waals surface area contributed by atoms with Crippen molar-refractivity contribution in [3.63, 3.8) is 0 Å². The summed E-state index contributed by atoms with van der Waals surface area (Å²) in [5, 5.41) is 15.1. The number of nitrogens with zero attached hydrogens (tertiary/aromatic N) is 5. The molecule has 1 aromatic carbocycles. The summed E-state index contributed by atoms with van der Waals surface area (Å²) in [6.07, 6.45) is 7.58. The van der Waals surface area contributed by atoms with E-state index in [0.29, 0.717) is 64.9 Å². The first kappa shape index (κ1) is 28.2. The van der Waals surface area contributed by atoms with Crippen LogP contribution in [0, 0.1) is 0 Å². The van der Waals surface area contributed by atoms with E-state index in [2.05, 4.69) is 15.4 Å². The average Bonchev–Trinajstić information content (AvgIpc) is 3.43. The Hall–Kier alpha value is -3.31. The predicted molar refractivity (Wildman–Crippen MR) is 156 cm³/mol. The fourth-order valence-corrected chi connectivity index (χ4v) is 5.29. The summed E-state index contributed by atoms with van der Waals surface area (Å²) >= 11 is 13.5. The summed E-state index contributed by atoms with van der Waals surface area (Å²) in [5.74, 6) is 2.11. The molecule has 0 radical (unpaired) electrons. The number of pyridine rings is 2. The fourth-order valence-electron chi connectivity index (χ4n) is 4.59. The van der Waals surface area contributed by atoms with Crippen molar-refractivity contribution in [1.29, 1.82) is 0 Å². The molecule has 0 bridgehead atoms. The number of hydrogen-bond acceptors (Lipinski definition) is 8. The van der Waals surface area contributed by atoms with Gasteiger partial charge in [0.05, 0.1) is 56.3 Å². The maximum atomic E-state index is 6.74. The highest BCUT2D eigenvalue weighted by molar-refractivity contribution is 6.41. The molecule has 0 aliphatic carbocycles. The monoisotopic (exact) mass is 585 g/mol. The molecule has 4 heterocycles. The second-order valence-corrected chi connectivity index (χ2v) is 10.1. The number of anilines is 1. The molecule has 5 rings (SSSR count). The molecule has 1 N–H and O–H groups in total. The minimum atomic E-state index is 0.200. The van der Waals surface area contributed by atoms with Crippen molar-refractivity contribution < 1.29 is 18.9 Å². The van der Waals surface area contributed by atoms with E-state index < -0.39 is 0 Å². The van der Waals surface area contributed by atoms with Crippen molar-refractivity contribution in [1.82, 2.24) is 19.7 Å². The van der Waals surface area contributed by atoms with E-state index in [0.717, 1.165) is 41.6 Å². The molecule has 0 spiro atoms. The number of nitrogens with one attached hydrogen (secondary N) is 1. The lowest BCUT2D eigenvalue weighted by molar-refractivity contribution is 0.0875. The van der Waals surface area contributed by atoms with Gasteiger partial charge in [0.15, 0.2) is 0 Å². The minimum Gasteiger partial charge on any atom is -0.495 e. The van der Waals surface area contributed by atoms with Crippen molar-refractivity contribution >= 4 is 45.6 Å². The predicted octanol–water partition coefficient (Wildman–Crippen LogP) is 6.26. The van der Waals surface area contributed by atoms with Crippen LogP contribution in [0.1, 0.15) is 18.4 Å². The van der Waals surface area contributed by atoms with Crippen LogP contribution in [-0.2, 0) is 22.6 Å². The number of methoxy groups -OCH3 is 3. The molecule has 1 fully saturated rings. The smallest absolute Gasteiger partial charge is 0.141 e. The Bertz CT molecular complexity index is 1450. The largest absolute Gasteiger partial charge is 0.495 e. The summed E-state index contributed by atoms with van der Waals surface area (Å²) < 4.78 is 23.6. The van der Waals surface area contributed by atoms with Gasteiger partial charge in [0.2, 0.25) is 0 Å². The molecule has 0 amide bonds. The molecule has 1 saturated heterocycles. The Labute approximate surface area is 242 Å². The normalized spacial score (nSPS) is 15.3. The summed E-state index contributed by atoms with van der Waals surface area (Å²) in [4.78, 5) is 9.59. The molecule has 1 unspecified atom stereocenters. The van der Waals surface area contributed by atoms with Gasteiger partial charge in [-0.15, -0.1) is 0 Å². The van der Waals surface area contributed by atoms with Crippen molar-refractivity contribution in [3.8, 4) is 22.8 Å². The molecule has 4 aromatic rings. The van der Waals surface area contributed by atoms with Gasteiger partial charge in [-0.3, -0.25) is 4.68 Å². The van der Waals surface area contributed by atoms with Gasteiger partial charge in [-0.05, 0) is 48.2 Å². The number of fused-ring (bicyclic) bond motifs is 1. The molecule has 10 nitrogen and oxygen atoms in total. The highest BCUT2D eigenvalue weighted by atomic mass is 35.5. The molecule has 0 saturated carbocycles. The molecule has 12 heteroatoms. The molecule has 1 aliphatic rings. The van der Waals surface area contributed by atoms with Crippen LogP contribution in [0.15, 0.2) is 36.8 Å². The SMILES string of the molecule is COCCn1cc(C[N-]c2nc(-c3c(Cl)c(OC)cc(OC)c3Cl)cc3cnc(NC4CCCOC4)cc23)cn1. The van der Waals surface area contributed by atoms with Crippen LogP contribution >= 0.6 is 23.2 Å². The van der Waals surface area contributed by atoms with Crippen LogP contribution in [0.25, 0.3) is 27.3 Å². The molecule has 1 aliphatic heterocycles. The van der Waals surface area contributed by atoms with Crippen molar-refractivity contribution in [2.45, 2.75) is 32.0 Å². The molecule has 3 aromatic heterocycles. The van der Waals surface area contributed by atoms with Crippen molar-refractivity contribution in [2.75, 3.05) is 46.5 Å². The topological polar surface area (TPSA) is 107 Å². The Morgan fingerprint density at radius 3 is 2.60 bits per heavy atom. The van der Waals surface area contributed by atoms with Gasteiger partial charge < -0.3 is 34.6 Å². The van der Waals surface area contributed by atoms with Crippen LogP contribution < -0.4 is 14.8 Å². The molecule has 40 heavy (non-hydrogen) atoms. The van der Waals surface area contributed by atoms with Gasteiger partial charge in [0.1, 0.15) is 17.3 Å². The van der Waals surface area contributed by atoms with Crippen LogP contribution in [0.5, 0.6) is 11.5 Å². The first-order chi connectivity index (χ1) is 19.5. The van der Waals surface area contributed by atoms with Gasteiger partial charge in [0, 0.05) is 43.1 Å². The zero-order valence-corrected chi connectivity index (χ0v) is 24.1. The summed E-state index contributed by atoms with van der Waals surface area (Å²) in [7, 11) is 4.74. The maximum absolute atomic E-state index is 6.74. The Morgan fingerprint density at radius 2 is 1.90 bits per heavy atom. The van der Waals surface area contributed by atoms with E-state index in [-0.39, 0.29) is 6.04 Å². The Balaban J connectivity index is 1.55. The molecule has 212 valence electrons. The first-order valence-corrected chi connectivity index (χ1v) is 13.7. The number of ether oxygens (including phenoxy) is 4. The van der Waals surface area contributed by atoms with Gasteiger partial charge in [-0.2, -0.15) is 5.10 Å². The number of benzene rings is 1. The molecule has 1 atom stereocenters. The second-order valence-electron chi connectivity index (χ2n) is 9.38. The quantitative estimate of drug-likeness (QED) is 0.220. The van der Waals surface area contributed by atoms with Crippen molar-refractivity contribution in [2.24, 2.45) is 0 Å². The summed E-state index contributed by atoms with van der Waals surface area (Å²) in [6, 6.07) is 5.71. The van der Waals surface area contributed by atoms with Crippen LogP contribution in [0.3, 0.4) is 0 Å². The first-order valence-electron chi connectivity index (χ1n) is 12.9. The third kappa shape index (κ3) is 6.20. The highest BCUT2D eigenvalue weighted by Crippen LogP contribution is 2.47. The number of hydrogen-bond donors (Lipinski definition) is 1. The zero-order chi connectivity index (χ0) is 28.1. The lowest BCUT2D eigenvalue weighted by atomic mass is 10.1.